The van der Waals surface area contributed by atoms with Crippen LogP contribution in [0.2, 0.25) is 0 Å². The molecule has 0 aliphatic rings. The molecule has 21 heavy (non-hydrogen) atoms. The molecule has 1 aromatic heterocycles. The van der Waals surface area contributed by atoms with E-state index in [1.54, 1.807) is 13.1 Å². The van der Waals surface area contributed by atoms with Crippen LogP contribution in [-0.4, -0.2) is 24.1 Å². The molecule has 0 aliphatic carbocycles. The first-order chi connectivity index (χ1) is 10.1. The summed E-state index contributed by atoms with van der Waals surface area (Å²) < 4.78 is 10.5. The zero-order valence-corrected chi connectivity index (χ0v) is 11.7. The second-order valence-corrected chi connectivity index (χ2v) is 4.14. The molecule has 0 saturated carbocycles. The van der Waals surface area contributed by atoms with Gasteiger partial charge >= 0.3 is 5.69 Å². The molecule has 0 saturated heterocycles. The minimum absolute atomic E-state index is 0.132. The Bertz CT molecular complexity index is 646. The van der Waals surface area contributed by atoms with Gasteiger partial charge < -0.3 is 14.8 Å². The molecule has 1 N–H and O–H groups in total. The van der Waals surface area contributed by atoms with Gasteiger partial charge in [-0.25, -0.2) is 4.98 Å². The minimum atomic E-state index is -0.508. The van der Waals surface area contributed by atoms with Crippen LogP contribution in [-0.2, 0) is 6.61 Å². The van der Waals surface area contributed by atoms with Gasteiger partial charge in [0.2, 0.25) is 0 Å². The number of hydrogen-bond donors (Lipinski definition) is 1. The van der Waals surface area contributed by atoms with Crippen molar-refractivity contribution < 1.29 is 14.4 Å². The monoisotopic (exact) mass is 289 g/mol. The van der Waals surface area contributed by atoms with Gasteiger partial charge in [0.15, 0.2) is 5.75 Å². The molecule has 0 radical (unpaired) electrons. The highest BCUT2D eigenvalue weighted by Crippen LogP contribution is 2.31. The maximum Gasteiger partial charge on any atom is 0.314 e. The van der Waals surface area contributed by atoms with Crippen LogP contribution in [0.3, 0.4) is 0 Å². The Balaban J connectivity index is 2.12. The Morgan fingerprint density at radius 3 is 2.81 bits per heavy atom. The standard InChI is InChI=1S/C14H15N3O4/c1-15-14-5-3-4-10(16-14)9-21-11-6-7-13(20-2)12(8-11)17(18)19/h3-8H,9H2,1-2H3,(H,15,16). The largest absolute Gasteiger partial charge is 0.490 e. The number of ether oxygens (including phenoxy) is 2. The third kappa shape index (κ3) is 3.59. The number of nitrogens with zero attached hydrogens (tertiary/aromatic N) is 2. The average Bonchev–Trinajstić information content (AvgIpc) is 2.52. The summed E-state index contributed by atoms with van der Waals surface area (Å²) in [4.78, 5) is 14.7. The highest BCUT2D eigenvalue weighted by Gasteiger charge is 2.15. The van der Waals surface area contributed by atoms with E-state index in [1.165, 1.54) is 19.2 Å². The quantitative estimate of drug-likeness (QED) is 0.649. The van der Waals surface area contributed by atoms with E-state index in [1.807, 2.05) is 18.2 Å². The van der Waals surface area contributed by atoms with E-state index in [0.717, 1.165) is 11.5 Å². The Labute approximate surface area is 121 Å². The Hall–Kier alpha value is -2.83. The first kappa shape index (κ1) is 14.6. The number of nitro groups is 1. The molecule has 0 fully saturated rings. The molecule has 7 heteroatoms. The number of hydrogen-bond acceptors (Lipinski definition) is 6. The summed E-state index contributed by atoms with van der Waals surface area (Å²) in [5, 5.41) is 13.9. The van der Waals surface area contributed by atoms with Crippen molar-refractivity contribution in [1.29, 1.82) is 0 Å². The van der Waals surface area contributed by atoms with Crippen molar-refractivity contribution in [2.45, 2.75) is 6.61 Å². The molecule has 0 spiro atoms. The molecular formula is C14H15N3O4. The molecule has 110 valence electrons. The Kier molecular flexibility index (Phi) is 4.55. The molecule has 0 atom stereocenters. The van der Waals surface area contributed by atoms with Gasteiger partial charge in [-0.15, -0.1) is 0 Å². The maximum absolute atomic E-state index is 10.9. The summed E-state index contributed by atoms with van der Waals surface area (Å²) in [6.45, 7) is 0.221. The van der Waals surface area contributed by atoms with Crippen molar-refractivity contribution in [3.8, 4) is 11.5 Å². The second kappa shape index (κ2) is 6.56. The number of benzene rings is 1. The fraction of sp³-hybridized carbons (Fsp3) is 0.214. The van der Waals surface area contributed by atoms with Crippen LogP contribution < -0.4 is 14.8 Å². The minimum Gasteiger partial charge on any atom is -0.490 e. The lowest BCUT2D eigenvalue weighted by atomic mass is 10.3. The number of anilines is 1. The van der Waals surface area contributed by atoms with Gasteiger partial charge in [0.05, 0.1) is 23.8 Å². The van der Waals surface area contributed by atoms with Crippen molar-refractivity contribution in [2.75, 3.05) is 19.5 Å². The summed E-state index contributed by atoms with van der Waals surface area (Å²) in [5.41, 5.74) is 0.590. The van der Waals surface area contributed by atoms with Crippen molar-refractivity contribution in [3.63, 3.8) is 0 Å². The Morgan fingerprint density at radius 2 is 2.14 bits per heavy atom. The van der Waals surface area contributed by atoms with Gasteiger partial charge in [-0.1, -0.05) is 6.07 Å². The van der Waals surface area contributed by atoms with E-state index >= 15 is 0 Å². The summed E-state index contributed by atoms with van der Waals surface area (Å²) in [7, 11) is 3.16. The van der Waals surface area contributed by atoms with Gasteiger partial charge in [-0.05, 0) is 24.3 Å². The fourth-order valence-corrected chi connectivity index (χ4v) is 1.76. The molecule has 7 nitrogen and oxygen atoms in total. The first-order valence-corrected chi connectivity index (χ1v) is 6.23. The van der Waals surface area contributed by atoms with Crippen LogP contribution in [0.5, 0.6) is 11.5 Å². The summed E-state index contributed by atoms with van der Waals surface area (Å²) in [6, 6.07) is 9.97. The third-order valence-electron chi connectivity index (χ3n) is 2.80. The summed E-state index contributed by atoms with van der Waals surface area (Å²) >= 11 is 0. The number of rotatable bonds is 6. The average molecular weight is 289 g/mol. The highest BCUT2D eigenvalue weighted by molar-refractivity contribution is 5.50. The van der Waals surface area contributed by atoms with Crippen LogP contribution in [0.15, 0.2) is 36.4 Å². The molecule has 1 heterocycles. The number of methoxy groups -OCH3 is 1. The van der Waals surface area contributed by atoms with Crippen LogP contribution in [0.4, 0.5) is 11.5 Å². The van der Waals surface area contributed by atoms with Crippen LogP contribution in [0.25, 0.3) is 0 Å². The predicted molar refractivity (Wildman–Crippen MR) is 77.8 cm³/mol. The van der Waals surface area contributed by atoms with E-state index < -0.39 is 4.92 Å². The van der Waals surface area contributed by atoms with Crippen molar-refractivity contribution in [3.05, 3.63) is 52.2 Å². The van der Waals surface area contributed by atoms with Gasteiger partial charge in [0, 0.05) is 7.05 Å². The molecule has 1 aromatic carbocycles. The highest BCUT2D eigenvalue weighted by atomic mass is 16.6. The van der Waals surface area contributed by atoms with E-state index in [9.17, 15) is 10.1 Å². The van der Waals surface area contributed by atoms with E-state index in [0.29, 0.717) is 5.75 Å². The lowest BCUT2D eigenvalue weighted by molar-refractivity contribution is -0.385. The maximum atomic E-state index is 10.9. The number of nitrogens with one attached hydrogen (secondary N) is 1. The SMILES string of the molecule is CNc1cccc(COc2ccc(OC)c([N+](=O)[O-])c2)n1. The molecular weight excluding hydrogens is 274 g/mol. The third-order valence-corrected chi connectivity index (χ3v) is 2.80. The van der Waals surface area contributed by atoms with Crippen LogP contribution in [0, 0.1) is 10.1 Å². The van der Waals surface area contributed by atoms with Crippen LogP contribution >= 0.6 is 0 Å². The van der Waals surface area contributed by atoms with Gasteiger partial charge in [-0.2, -0.15) is 0 Å². The topological polar surface area (TPSA) is 86.5 Å². The summed E-state index contributed by atoms with van der Waals surface area (Å²) in [6.07, 6.45) is 0. The molecule has 0 aliphatic heterocycles. The predicted octanol–water partition coefficient (Wildman–Crippen LogP) is 2.62. The lowest BCUT2D eigenvalue weighted by Gasteiger charge is -2.08. The van der Waals surface area contributed by atoms with Gasteiger partial charge in [0.25, 0.3) is 0 Å². The Morgan fingerprint density at radius 1 is 1.33 bits per heavy atom. The zero-order chi connectivity index (χ0) is 15.2. The van der Waals surface area contributed by atoms with Crippen molar-refractivity contribution >= 4 is 11.5 Å². The molecule has 2 aromatic rings. The van der Waals surface area contributed by atoms with E-state index in [-0.39, 0.29) is 18.0 Å². The van der Waals surface area contributed by atoms with Gasteiger partial charge in [0.1, 0.15) is 18.2 Å². The molecule has 0 bridgehead atoms. The number of aromatic nitrogens is 1. The first-order valence-electron chi connectivity index (χ1n) is 6.23. The number of pyridine rings is 1. The van der Waals surface area contributed by atoms with E-state index in [2.05, 4.69) is 10.3 Å². The van der Waals surface area contributed by atoms with Gasteiger partial charge in [-0.3, -0.25) is 10.1 Å². The number of nitro benzene ring substituents is 1. The lowest BCUT2D eigenvalue weighted by Crippen LogP contribution is -2.01. The smallest absolute Gasteiger partial charge is 0.314 e. The fourth-order valence-electron chi connectivity index (χ4n) is 1.76. The van der Waals surface area contributed by atoms with Crippen molar-refractivity contribution in [1.82, 2.24) is 4.98 Å². The summed E-state index contributed by atoms with van der Waals surface area (Å²) in [5.74, 6) is 1.32. The van der Waals surface area contributed by atoms with Crippen molar-refractivity contribution in [2.24, 2.45) is 0 Å². The van der Waals surface area contributed by atoms with Crippen LogP contribution in [0.1, 0.15) is 5.69 Å². The molecule has 2 rings (SSSR count). The normalized spacial score (nSPS) is 10.0. The van der Waals surface area contributed by atoms with E-state index in [4.69, 9.17) is 9.47 Å². The molecule has 0 amide bonds. The second-order valence-electron chi connectivity index (χ2n) is 4.14. The zero-order valence-electron chi connectivity index (χ0n) is 11.7. The molecule has 0 unspecified atom stereocenters.